The number of carbonyl (C=O) groups is 2. The quantitative estimate of drug-likeness (QED) is 0.664. The smallest absolute Gasteiger partial charge is 0.335 e. The van der Waals surface area contributed by atoms with Gasteiger partial charge >= 0.3 is 5.97 Å². The molecular formula is C16H16N2O6. The topological polar surface area (TPSA) is 110 Å². The molecule has 1 N–H and O–H groups in total. The summed E-state index contributed by atoms with van der Waals surface area (Å²) in [4.78, 5) is 35.9. The molecule has 0 aliphatic carbocycles. The minimum atomic E-state index is -1.29. The molecule has 8 nitrogen and oxygen atoms in total. The van der Waals surface area contributed by atoms with Gasteiger partial charge in [0.05, 0.1) is 22.7 Å². The number of rotatable bonds is 3. The number of fused-ring (bicyclic) bond motifs is 5. The number of hydrogen-bond acceptors (Lipinski definition) is 5. The van der Waals surface area contributed by atoms with E-state index in [2.05, 4.69) is 0 Å². The van der Waals surface area contributed by atoms with Crippen molar-refractivity contribution in [3.8, 4) is 0 Å². The van der Waals surface area contributed by atoms with Crippen molar-refractivity contribution in [2.45, 2.75) is 25.0 Å². The number of carboxylic acids is 1. The minimum absolute atomic E-state index is 0.0508. The number of non-ortho nitro benzene ring substituents is 1. The fourth-order valence-corrected chi connectivity index (χ4v) is 4.27. The molecule has 0 spiro atoms. The van der Waals surface area contributed by atoms with Gasteiger partial charge in [-0.1, -0.05) is 0 Å². The first kappa shape index (κ1) is 15.1. The summed E-state index contributed by atoms with van der Waals surface area (Å²) in [6.07, 6.45) is 2.46. The standard InChI is InChI=1S/C16H16N2O6/c19-15(8-3-9(16(20)21)5-10(4-8)18(22)23)17-6-11-12(7-17)14-2-1-13(11)24-14/h3-5,11-14H,1-2,6-7H2,(H,20,21). The van der Waals surface area contributed by atoms with E-state index in [0.717, 1.165) is 25.0 Å². The van der Waals surface area contributed by atoms with Gasteiger partial charge in [0.1, 0.15) is 0 Å². The third kappa shape index (κ3) is 2.25. The van der Waals surface area contributed by atoms with E-state index in [1.54, 1.807) is 4.90 Å². The fraction of sp³-hybridized carbons (Fsp3) is 0.500. The van der Waals surface area contributed by atoms with E-state index in [1.807, 2.05) is 0 Å². The molecular weight excluding hydrogens is 316 g/mol. The summed E-state index contributed by atoms with van der Waals surface area (Å²) in [5.74, 6) is -0.997. The van der Waals surface area contributed by atoms with E-state index < -0.39 is 10.9 Å². The van der Waals surface area contributed by atoms with Crippen LogP contribution < -0.4 is 0 Å². The lowest BCUT2D eigenvalue weighted by atomic mass is 9.82. The Hall–Kier alpha value is -2.48. The Kier molecular flexibility index (Phi) is 3.31. The third-order valence-electron chi connectivity index (χ3n) is 5.36. The predicted molar refractivity (Wildman–Crippen MR) is 80.8 cm³/mol. The Morgan fingerprint density at radius 3 is 2.25 bits per heavy atom. The van der Waals surface area contributed by atoms with Crippen molar-refractivity contribution in [3.63, 3.8) is 0 Å². The van der Waals surface area contributed by atoms with Crippen molar-refractivity contribution in [1.82, 2.24) is 4.90 Å². The summed E-state index contributed by atoms with van der Waals surface area (Å²) in [5.41, 5.74) is -0.591. The van der Waals surface area contributed by atoms with Crippen LogP contribution in [0.5, 0.6) is 0 Å². The van der Waals surface area contributed by atoms with Crippen molar-refractivity contribution in [3.05, 3.63) is 39.4 Å². The average molecular weight is 332 g/mol. The highest BCUT2D eigenvalue weighted by atomic mass is 16.6. The number of benzene rings is 1. The van der Waals surface area contributed by atoms with Crippen LogP contribution in [-0.2, 0) is 4.74 Å². The van der Waals surface area contributed by atoms with Gasteiger partial charge in [0.25, 0.3) is 11.6 Å². The van der Waals surface area contributed by atoms with Crippen molar-refractivity contribution in [2.24, 2.45) is 11.8 Å². The number of likely N-dealkylation sites (tertiary alicyclic amines) is 1. The number of nitrogens with zero attached hydrogens (tertiary/aromatic N) is 2. The maximum atomic E-state index is 12.7. The van der Waals surface area contributed by atoms with Gasteiger partial charge in [0.2, 0.25) is 0 Å². The second kappa shape index (κ2) is 5.27. The first-order valence-corrected chi connectivity index (χ1v) is 7.91. The van der Waals surface area contributed by atoms with Crippen LogP contribution in [0.15, 0.2) is 18.2 Å². The molecule has 4 unspecified atom stereocenters. The molecule has 0 aromatic heterocycles. The summed E-state index contributed by atoms with van der Waals surface area (Å²) in [7, 11) is 0. The van der Waals surface area contributed by atoms with E-state index >= 15 is 0 Å². The van der Waals surface area contributed by atoms with E-state index in [-0.39, 0.29) is 34.9 Å². The lowest BCUT2D eigenvalue weighted by molar-refractivity contribution is -0.384. The largest absolute Gasteiger partial charge is 0.478 e. The molecule has 8 heteroatoms. The van der Waals surface area contributed by atoms with Crippen molar-refractivity contribution in [2.75, 3.05) is 13.1 Å². The van der Waals surface area contributed by atoms with E-state index in [1.165, 1.54) is 6.07 Å². The summed E-state index contributed by atoms with van der Waals surface area (Å²) < 4.78 is 5.87. The SMILES string of the molecule is O=C(O)c1cc(C(=O)N2CC3C4CCC(O4)C3C2)cc([N+](=O)[O-])c1. The number of hydrogen-bond donors (Lipinski definition) is 1. The van der Waals surface area contributed by atoms with Gasteiger partial charge in [0, 0.05) is 42.6 Å². The summed E-state index contributed by atoms with van der Waals surface area (Å²) >= 11 is 0. The molecule has 1 amide bonds. The highest BCUT2D eigenvalue weighted by Crippen LogP contribution is 2.47. The summed E-state index contributed by atoms with van der Waals surface area (Å²) in [6.45, 7) is 1.13. The van der Waals surface area contributed by atoms with Crippen LogP contribution in [0.4, 0.5) is 5.69 Å². The molecule has 2 bridgehead atoms. The highest BCUT2D eigenvalue weighted by molar-refractivity contribution is 5.98. The molecule has 4 rings (SSSR count). The maximum Gasteiger partial charge on any atom is 0.335 e. The van der Waals surface area contributed by atoms with Crippen LogP contribution in [0, 0.1) is 22.0 Å². The molecule has 3 aliphatic heterocycles. The Morgan fingerprint density at radius 1 is 1.12 bits per heavy atom. The van der Waals surface area contributed by atoms with Crippen LogP contribution in [0.1, 0.15) is 33.6 Å². The van der Waals surface area contributed by atoms with Gasteiger partial charge in [0.15, 0.2) is 0 Å². The lowest BCUT2D eigenvalue weighted by Crippen LogP contribution is -2.31. The summed E-state index contributed by atoms with van der Waals surface area (Å²) in [6, 6.07) is 3.32. The van der Waals surface area contributed by atoms with Crippen LogP contribution in [0.3, 0.4) is 0 Å². The third-order valence-corrected chi connectivity index (χ3v) is 5.36. The number of ether oxygens (including phenoxy) is 1. The van der Waals surface area contributed by atoms with Crippen LogP contribution in [0.25, 0.3) is 0 Å². The molecule has 0 saturated carbocycles. The normalized spacial score (nSPS) is 30.4. The van der Waals surface area contributed by atoms with Crippen molar-refractivity contribution in [1.29, 1.82) is 0 Å². The zero-order chi connectivity index (χ0) is 17.0. The number of aromatic carboxylic acids is 1. The van der Waals surface area contributed by atoms with Gasteiger partial charge in [-0.2, -0.15) is 0 Å². The van der Waals surface area contributed by atoms with E-state index in [0.29, 0.717) is 24.9 Å². The minimum Gasteiger partial charge on any atom is -0.478 e. The number of carbonyl (C=O) groups excluding carboxylic acids is 1. The van der Waals surface area contributed by atoms with Crippen LogP contribution in [0.2, 0.25) is 0 Å². The predicted octanol–water partition coefficient (Wildman–Crippen LogP) is 1.54. The second-order valence-electron chi connectivity index (χ2n) is 6.66. The first-order chi connectivity index (χ1) is 11.4. The molecule has 4 atom stereocenters. The van der Waals surface area contributed by atoms with Gasteiger partial charge in [-0.3, -0.25) is 14.9 Å². The summed E-state index contributed by atoms with van der Waals surface area (Å²) in [5, 5.41) is 20.1. The van der Waals surface area contributed by atoms with Crippen molar-refractivity contribution < 1.29 is 24.4 Å². The molecule has 1 aromatic rings. The Balaban J connectivity index is 1.61. The highest BCUT2D eigenvalue weighted by Gasteiger charge is 2.53. The maximum absolute atomic E-state index is 12.7. The van der Waals surface area contributed by atoms with Crippen LogP contribution in [-0.4, -0.2) is 52.1 Å². The number of nitro benzene ring substituents is 1. The zero-order valence-corrected chi connectivity index (χ0v) is 12.8. The molecule has 24 heavy (non-hydrogen) atoms. The van der Waals surface area contributed by atoms with Gasteiger partial charge in [-0.05, 0) is 18.9 Å². The second-order valence-corrected chi connectivity index (χ2v) is 6.66. The Morgan fingerprint density at radius 2 is 1.71 bits per heavy atom. The van der Waals surface area contributed by atoms with Gasteiger partial charge in [-0.25, -0.2) is 4.79 Å². The van der Waals surface area contributed by atoms with E-state index in [4.69, 9.17) is 9.84 Å². The Bertz CT molecular complexity index is 698. The molecule has 3 aliphatic rings. The van der Waals surface area contributed by atoms with Crippen molar-refractivity contribution >= 4 is 17.6 Å². The molecule has 3 heterocycles. The fourth-order valence-electron chi connectivity index (χ4n) is 4.27. The molecule has 3 saturated heterocycles. The zero-order valence-electron chi connectivity index (χ0n) is 12.8. The van der Waals surface area contributed by atoms with E-state index in [9.17, 15) is 19.7 Å². The average Bonchev–Trinajstić information content (AvgIpc) is 3.26. The van der Waals surface area contributed by atoms with Gasteiger partial charge in [-0.15, -0.1) is 0 Å². The lowest BCUT2D eigenvalue weighted by Gasteiger charge is -2.19. The molecule has 0 radical (unpaired) electrons. The first-order valence-electron chi connectivity index (χ1n) is 7.91. The monoisotopic (exact) mass is 332 g/mol. The number of nitro groups is 1. The molecule has 3 fully saturated rings. The molecule has 1 aromatic carbocycles. The Labute approximate surface area is 137 Å². The van der Waals surface area contributed by atoms with Gasteiger partial charge < -0.3 is 14.7 Å². The van der Waals surface area contributed by atoms with Crippen LogP contribution >= 0.6 is 0 Å². The number of carboxylic acid groups (broad SMARTS) is 1. The number of amides is 1. The molecule has 126 valence electrons.